The SMILES string of the molecule is CC(=O)C1=C(C)N=C(N(C)S(=O)(=O)c2ccc(C)cc2)C=C(C)[C@@H]1c1ccccc1. The highest BCUT2D eigenvalue weighted by molar-refractivity contribution is 7.89. The first kappa shape index (κ1) is 21.7. The third-order valence-electron chi connectivity index (χ3n) is 5.29. The van der Waals surface area contributed by atoms with Gasteiger partial charge in [-0.15, -0.1) is 0 Å². The second-order valence-corrected chi connectivity index (χ2v) is 9.51. The van der Waals surface area contributed by atoms with Gasteiger partial charge in [-0.05, 0) is 51.5 Å². The Morgan fingerprint density at radius 2 is 1.57 bits per heavy atom. The molecular formula is C24H26N2O3S. The van der Waals surface area contributed by atoms with Crippen LogP contribution in [0.4, 0.5) is 0 Å². The fourth-order valence-corrected chi connectivity index (χ4v) is 4.81. The molecule has 30 heavy (non-hydrogen) atoms. The fourth-order valence-electron chi connectivity index (χ4n) is 3.67. The number of ketones is 1. The third kappa shape index (κ3) is 4.14. The molecule has 0 radical (unpaired) electrons. The van der Waals surface area contributed by atoms with E-state index >= 15 is 0 Å². The van der Waals surface area contributed by atoms with Gasteiger partial charge in [0.2, 0.25) is 0 Å². The quantitative estimate of drug-likeness (QED) is 0.722. The normalized spacial score (nSPS) is 17.2. The van der Waals surface area contributed by atoms with Crippen molar-refractivity contribution in [2.24, 2.45) is 4.99 Å². The number of sulfonamides is 1. The molecule has 0 N–H and O–H groups in total. The molecule has 6 heteroatoms. The van der Waals surface area contributed by atoms with Crippen molar-refractivity contribution < 1.29 is 13.2 Å². The van der Waals surface area contributed by atoms with Crippen LogP contribution < -0.4 is 0 Å². The summed E-state index contributed by atoms with van der Waals surface area (Å²) < 4.78 is 27.5. The van der Waals surface area contributed by atoms with Gasteiger partial charge < -0.3 is 0 Å². The molecule has 0 saturated heterocycles. The zero-order valence-electron chi connectivity index (χ0n) is 17.9. The number of hydrogen-bond acceptors (Lipinski definition) is 4. The molecule has 5 nitrogen and oxygen atoms in total. The molecule has 1 heterocycles. The number of aliphatic imine (C=N–C) groups is 1. The zero-order valence-corrected chi connectivity index (χ0v) is 18.7. The third-order valence-corrected chi connectivity index (χ3v) is 7.06. The molecule has 1 atom stereocenters. The maximum Gasteiger partial charge on any atom is 0.265 e. The number of benzene rings is 2. The fraction of sp³-hybridized carbons (Fsp3) is 0.250. The Labute approximate surface area is 178 Å². The van der Waals surface area contributed by atoms with Gasteiger partial charge in [-0.1, -0.05) is 53.6 Å². The van der Waals surface area contributed by atoms with Crippen LogP contribution in [0.1, 0.15) is 37.8 Å². The molecule has 0 fully saturated rings. The number of nitrogens with zero attached hydrogens (tertiary/aromatic N) is 2. The van der Waals surface area contributed by atoms with Gasteiger partial charge >= 0.3 is 0 Å². The minimum absolute atomic E-state index is 0.0804. The molecule has 0 amide bonds. The van der Waals surface area contributed by atoms with E-state index in [-0.39, 0.29) is 22.4 Å². The van der Waals surface area contributed by atoms with E-state index in [2.05, 4.69) is 4.99 Å². The molecule has 1 aliphatic rings. The number of likely N-dealkylation sites (N-methyl/N-ethyl adjacent to an activating group) is 1. The highest BCUT2D eigenvalue weighted by atomic mass is 32.2. The molecule has 0 saturated carbocycles. The molecular weight excluding hydrogens is 396 g/mol. The lowest BCUT2D eigenvalue weighted by atomic mass is 9.83. The minimum Gasteiger partial charge on any atom is -0.295 e. The van der Waals surface area contributed by atoms with E-state index in [0.29, 0.717) is 11.3 Å². The second-order valence-electron chi connectivity index (χ2n) is 7.54. The van der Waals surface area contributed by atoms with Crippen LogP contribution in [0.15, 0.2) is 87.4 Å². The van der Waals surface area contributed by atoms with E-state index < -0.39 is 10.0 Å². The lowest BCUT2D eigenvalue weighted by Gasteiger charge is -2.21. The van der Waals surface area contributed by atoms with Crippen molar-refractivity contribution >= 4 is 21.6 Å². The number of amidine groups is 1. The Balaban J connectivity index is 2.12. The van der Waals surface area contributed by atoms with Gasteiger partial charge in [0.25, 0.3) is 10.0 Å². The Morgan fingerprint density at radius 3 is 2.13 bits per heavy atom. The van der Waals surface area contributed by atoms with Crippen LogP contribution in [0.5, 0.6) is 0 Å². The molecule has 0 spiro atoms. The van der Waals surface area contributed by atoms with Crippen LogP contribution in [0.25, 0.3) is 0 Å². The van der Waals surface area contributed by atoms with E-state index in [9.17, 15) is 13.2 Å². The second kappa shape index (κ2) is 8.40. The number of carbonyl (C=O) groups excluding carboxylic acids is 1. The minimum atomic E-state index is -3.79. The number of hydrogen-bond donors (Lipinski definition) is 0. The number of carbonyl (C=O) groups is 1. The predicted octanol–water partition coefficient (Wildman–Crippen LogP) is 4.62. The Morgan fingerprint density at radius 1 is 0.967 bits per heavy atom. The van der Waals surface area contributed by atoms with Gasteiger partial charge in [-0.2, -0.15) is 0 Å². The lowest BCUT2D eigenvalue weighted by Crippen LogP contribution is -2.32. The van der Waals surface area contributed by atoms with Crippen LogP contribution in [0, 0.1) is 6.92 Å². The van der Waals surface area contributed by atoms with Crippen molar-refractivity contribution in [3.8, 4) is 0 Å². The van der Waals surface area contributed by atoms with Gasteiger partial charge in [-0.3, -0.25) is 9.10 Å². The van der Waals surface area contributed by atoms with Gasteiger partial charge in [-0.25, -0.2) is 13.4 Å². The highest BCUT2D eigenvalue weighted by Gasteiger charge is 2.30. The number of aryl methyl sites for hydroxylation is 1. The lowest BCUT2D eigenvalue weighted by molar-refractivity contribution is -0.113. The zero-order chi connectivity index (χ0) is 22.1. The van der Waals surface area contributed by atoms with Crippen molar-refractivity contribution in [3.63, 3.8) is 0 Å². The molecule has 0 bridgehead atoms. The first-order chi connectivity index (χ1) is 14.1. The van der Waals surface area contributed by atoms with Crippen molar-refractivity contribution in [2.45, 2.75) is 38.5 Å². The summed E-state index contributed by atoms with van der Waals surface area (Å²) in [5, 5.41) is 0. The van der Waals surface area contributed by atoms with Crippen LogP contribution in [-0.2, 0) is 14.8 Å². The number of rotatable bonds is 4. The maximum atomic E-state index is 13.2. The van der Waals surface area contributed by atoms with E-state index in [1.54, 1.807) is 37.3 Å². The molecule has 0 unspecified atom stereocenters. The predicted molar refractivity (Wildman–Crippen MR) is 120 cm³/mol. The van der Waals surface area contributed by atoms with Crippen LogP contribution in [0.3, 0.4) is 0 Å². The number of Topliss-reactive ketones (excluding diaryl/α,β-unsaturated/α-hetero) is 1. The maximum absolute atomic E-state index is 13.2. The molecule has 156 valence electrons. The van der Waals surface area contributed by atoms with E-state index in [1.165, 1.54) is 18.3 Å². The summed E-state index contributed by atoms with van der Waals surface area (Å²) in [5.41, 5.74) is 3.90. The first-order valence-corrected chi connectivity index (χ1v) is 11.2. The van der Waals surface area contributed by atoms with Crippen molar-refractivity contribution in [1.29, 1.82) is 0 Å². The van der Waals surface area contributed by atoms with Gasteiger partial charge in [0, 0.05) is 24.2 Å². The molecule has 1 aliphatic heterocycles. The number of allylic oxidation sites excluding steroid dienone is 3. The summed E-state index contributed by atoms with van der Waals surface area (Å²) in [6, 6.07) is 16.4. The standard InChI is InChI=1S/C24H26N2O3S/c1-16-11-13-21(14-12-16)30(28,29)26(5)22-15-17(2)23(20-9-7-6-8-10-20)24(19(4)27)18(3)25-22/h6-15,23H,1-5H3/t23-/m1/s1. The van der Waals surface area contributed by atoms with Crippen LogP contribution >= 0.6 is 0 Å². The van der Waals surface area contributed by atoms with Gasteiger partial charge in [0.05, 0.1) is 4.90 Å². The summed E-state index contributed by atoms with van der Waals surface area (Å²) in [4.78, 5) is 17.3. The van der Waals surface area contributed by atoms with Gasteiger partial charge in [0.1, 0.15) is 5.84 Å². The van der Waals surface area contributed by atoms with E-state index in [4.69, 9.17) is 0 Å². The van der Waals surface area contributed by atoms with Crippen molar-refractivity contribution in [2.75, 3.05) is 7.05 Å². The topological polar surface area (TPSA) is 66.8 Å². The van der Waals surface area contributed by atoms with Crippen molar-refractivity contribution in [1.82, 2.24) is 4.31 Å². The average Bonchev–Trinajstić information content (AvgIpc) is 2.84. The summed E-state index contributed by atoms with van der Waals surface area (Å²) in [7, 11) is -2.30. The monoisotopic (exact) mass is 422 g/mol. The summed E-state index contributed by atoms with van der Waals surface area (Å²) in [6.07, 6.45) is 1.75. The Kier molecular flexibility index (Phi) is 6.08. The van der Waals surface area contributed by atoms with Crippen molar-refractivity contribution in [3.05, 3.63) is 88.6 Å². The largest absolute Gasteiger partial charge is 0.295 e. The Bertz CT molecular complexity index is 1160. The van der Waals surface area contributed by atoms with Crippen LogP contribution in [-0.4, -0.2) is 31.4 Å². The summed E-state index contributed by atoms with van der Waals surface area (Å²) >= 11 is 0. The Hall–Kier alpha value is -2.99. The smallest absolute Gasteiger partial charge is 0.265 e. The summed E-state index contributed by atoms with van der Waals surface area (Å²) in [5.74, 6) is -0.0775. The first-order valence-electron chi connectivity index (χ1n) is 9.72. The highest BCUT2D eigenvalue weighted by Crippen LogP contribution is 2.36. The van der Waals surface area contributed by atoms with Crippen LogP contribution in [0.2, 0.25) is 0 Å². The summed E-state index contributed by atoms with van der Waals surface area (Å²) in [6.45, 7) is 7.09. The molecule has 2 aromatic carbocycles. The van der Waals surface area contributed by atoms with Gasteiger partial charge in [0.15, 0.2) is 5.78 Å². The van der Waals surface area contributed by atoms with E-state index in [0.717, 1.165) is 16.7 Å². The molecule has 2 aromatic rings. The van der Waals surface area contributed by atoms with E-state index in [1.807, 2.05) is 44.2 Å². The molecule has 0 aromatic heterocycles. The molecule has 3 rings (SSSR count). The molecule has 0 aliphatic carbocycles. The average molecular weight is 423 g/mol.